The first kappa shape index (κ1) is 78.9. The highest BCUT2D eigenvalue weighted by Gasteiger charge is 2.20. The van der Waals surface area contributed by atoms with Gasteiger partial charge in [0.2, 0.25) is 0 Å². The smallest absolute Gasteiger partial charge is 0.306 e. The third-order valence-electron chi connectivity index (χ3n) is 16.9. The van der Waals surface area contributed by atoms with E-state index in [1.54, 1.807) is 0 Å². The molecule has 0 amide bonds. The summed E-state index contributed by atoms with van der Waals surface area (Å²) in [7, 11) is 0. The molecule has 0 heterocycles. The van der Waals surface area contributed by atoms with Crippen molar-refractivity contribution < 1.29 is 28.6 Å². The number of unbranched alkanes of at least 4 members (excludes halogenated alkanes) is 54. The lowest BCUT2D eigenvalue weighted by Gasteiger charge is -2.18. The normalized spacial score (nSPS) is 12.1. The van der Waals surface area contributed by atoms with E-state index in [2.05, 4.69) is 45.1 Å². The van der Waals surface area contributed by atoms with Crippen LogP contribution >= 0.6 is 0 Å². The number of hydrogen-bond acceptors (Lipinski definition) is 6. The van der Waals surface area contributed by atoms with E-state index >= 15 is 0 Å². The average molecular weight is 1140 g/mol. The predicted octanol–water partition coefficient (Wildman–Crippen LogP) is 25.3. The summed E-state index contributed by atoms with van der Waals surface area (Å²) in [4.78, 5) is 38.5. The van der Waals surface area contributed by atoms with Crippen molar-refractivity contribution in [2.75, 3.05) is 13.2 Å². The number of carbonyl (C=O) groups excluding carboxylic acids is 3. The third kappa shape index (κ3) is 68.6. The monoisotopic (exact) mass is 1140 g/mol. The number of allylic oxidation sites excluding steroid dienone is 4. The summed E-state index contributed by atoms with van der Waals surface area (Å²) >= 11 is 0. The minimum absolute atomic E-state index is 0.0676. The molecule has 0 aromatic rings. The number of esters is 3. The Kier molecular flexibility index (Phi) is 68.5. The Labute approximate surface area is 506 Å². The van der Waals surface area contributed by atoms with E-state index < -0.39 is 6.10 Å². The Morgan fingerprint density at radius 2 is 0.407 bits per heavy atom. The Morgan fingerprint density at radius 1 is 0.235 bits per heavy atom. The van der Waals surface area contributed by atoms with Crippen LogP contribution in [0, 0.1) is 0 Å². The van der Waals surface area contributed by atoms with E-state index in [0.29, 0.717) is 19.3 Å². The summed E-state index contributed by atoms with van der Waals surface area (Å²) in [6.07, 6.45) is 86.4. The first-order chi connectivity index (χ1) is 40.0. The van der Waals surface area contributed by atoms with Gasteiger partial charge >= 0.3 is 17.9 Å². The fourth-order valence-corrected chi connectivity index (χ4v) is 11.4. The lowest BCUT2D eigenvalue weighted by atomic mass is 10.0. The molecule has 0 rings (SSSR count). The Hall–Kier alpha value is -2.11. The van der Waals surface area contributed by atoms with E-state index in [9.17, 15) is 14.4 Å². The van der Waals surface area contributed by atoms with Gasteiger partial charge in [0, 0.05) is 19.3 Å². The van der Waals surface area contributed by atoms with E-state index in [4.69, 9.17) is 14.2 Å². The van der Waals surface area contributed by atoms with Crippen LogP contribution in [0.25, 0.3) is 0 Å². The molecule has 0 aliphatic carbocycles. The SMILES string of the molecule is CCCCCCCCC/C=C\CCCCCCCCCC(=O)OCC(COC(=O)CCCCCCCCCCCCCCCCCCCCCCCCCC)OC(=O)CCCCCCCCCCC/C=C\CCCCCCCCCC. The van der Waals surface area contributed by atoms with Crippen LogP contribution in [-0.2, 0) is 28.6 Å². The maximum absolute atomic E-state index is 13.0. The van der Waals surface area contributed by atoms with Crippen LogP contribution in [0.2, 0.25) is 0 Å². The van der Waals surface area contributed by atoms with Crippen LogP contribution in [0.1, 0.15) is 419 Å². The molecule has 0 bridgehead atoms. The molecule has 0 aromatic carbocycles. The molecule has 1 atom stereocenters. The molecule has 1 unspecified atom stereocenters. The van der Waals surface area contributed by atoms with Gasteiger partial charge in [-0.3, -0.25) is 14.4 Å². The fraction of sp³-hybridized carbons (Fsp3) is 0.907. The summed E-state index contributed by atoms with van der Waals surface area (Å²) in [5, 5.41) is 0. The fourth-order valence-electron chi connectivity index (χ4n) is 11.4. The largest absolute Gasteiger partial charge is 0.462 e. The predicted molar refractivity (Wildman–Crippen MR) is 353 cm³/mol. The van der Waals surface area contributed by atoms with E-state index in [-0.39, 0.29) is 31.1 Å². The van der Waals surface area contributed by atoms with Crippen molar-refractivity contribution >= 4 is 17.9 Å². The summed E-state index contributed by atoms with van der Waals surface area (Å²) < 4.78 is 17.0. The molecule has 478 valence electrons. The van der Waals surface area contributed by atoms with Gasteiger partial charge < -0.3 is 14.2 Å². The second kappa shape index (κ2) is 70.4. The molecule has 6 nitrogen and oxygen atoms in total. The number of carbonyl (C=O) groups is 3. The second-order valence-corrected chi connectivity index (χ2v) is 25.2. The summed E-state index contributed by atoms with van der Waals surface area (Å²) in [6, 6.07) is 0. The van der Waals surface area contributed by atoms with Crippen LogP contribution in [-0.4, -0.2) is 37.2 Å². The van der Waals surface area contributed by atoms with Crippen LogP contribution < -0.4 is 0 Å². The highest BCUT2D eigenvalue weighted by Crippen LogP contribution is 2.19. The molecule has 0 spiro atoms. The minimum atomic E-state index is -0.773. The van der Waals surface area contributed by atoms with Gasteiger partial charge in [0.15, 0.2) is 6.10 Å². The average Bonchev–Trinajstić information content (AvgIpc) is 3.47. The topological polar surface area (TPSA) is 78.9 Å². The van der Waals surface area contributed by atoms with Crippen LogP contribution in [0.15, 0.2) is 24.3 Å². The van der Waals surface area contributed by atoms with Crippen LogP contribution in [0.4, 0.5) is 0 Å². The third-order valence-corrected chi connectivity index (χ3v) is 16.9. The van der Waals surface area contributed by atoms with Gasteiger partial charge in [0.1, 0.15) is 13.2 Å². The van der Waals surface area contributed by atoms with Crippen molar-refractivity contribution in [1.29, 1.82) is 0 Å². The maximum Gasteiger partial charge on any atom is 0.306 e. The Balaban J connectivity index is 4.29. The van der Waals surface area contributed by atoms with Crippen molar-refractivity contribution in [2.45, 2.75) is 425 Å². The molecule has 81 heavy (non-hydrogen) atoms. The summed E-state index contributed by atoms with van der Waals surface area (Å²) in [6.45, 7) is 6.72. The zero-order chi connectivity index (χ0) is 58.5. The van der Waals surface area contributed by atoms with Crippen molar-refractivity contribution in [3.63, 3.8) is 0 Å². The number of hydrogen-bond donors (Lipinski definition) is 0. The van der Waals surface area contributed by atoms with Gasteiger partial charge in [0.25, 0.3) is 0 Å². The van der Waals surface area contributed by atoms with Gasteiger partial charge in [0.05, 0.1) is 0 Å². The standard InChI is InChI=1S/C75H142O6/c1-4-7-10-13-16-19-22-25-28-31-34-36-37-38-40-41-44-47-50-53-56-59-62-65-68-74(77)80-71-72(70-79-73(76)67-64-61-58-55-52-49-46-43-33-30-27-24-21-18-15-12-9-6-3)81-75(78)69-66-63-60-57-54-51-48-45-42-39-35-32-29-26-23-20-17-14-11-8-5-2/h30,32-33,35,72H,4-29,31,34,36-71H2,1-3H3/b33-30-,35-32-. The molecular weight excluding hydrogens is 997 g/mol. The molecule has 0 aliphatic heterocycles. The van der Waals surface area contributed by atoms with E-state index in [1.165, 1.54) is 321 Å². The quantitative estimate of drug-likeness (QED) is 0.0261. The molecule has 0 saturated carbocycles. The van der Waals surface area contributed by atoms with Crippen LogP contribution in [0.3, 0.4) is 0 Å². The summed E-state index contributed by atoms with van der Waals surface area (Å²) in [5.41, 5.74) is 0. The maximum atomic E-state index is 13.0. The highest BCUT2D eigenvalue weighted by molar-refractivity contribution is 5.71. The first-order valence-electron chi connectivity index (χ1n) is 36.8. The van der Waals surface area contributed by atoms with Gasteiger partial charge in [-0.15, -0.1) is 0 Å². The molecule has 6 heteroatoms. The first-order valence-corrected chi connectivity index (χ1v) is 36.8. The van der Waals surface area contributed by atoms with Gasteiger partial charge in [-0.05, 0) is 70.6 Å². The molecule has 0 saturated heterocycles. The molecular formula is C75H142O6. The van der Waals surface area contributed by atoms with Gasteiger partial charge in [-0.2, -0.15) is 0 Å². The number of rotatable bonds is 69. The minimum Gasteiger partial charge on any atom is -0.462 e. The lowest BCUT2D eigenvalue weighted by Crippen LogP contribution is -2.30. The van der Waals surface area contributed by atoms with Crippen molar-refractivity contribution in [3.8, 4) is 0 Å². The van der Waals surface area contributed by atoms with Crippen molar-refractivity contribution in [2.24, 2.45) is 0 Å². The molecule has 0 fully saturated rings. The van der Waals surface area contributed by atoms with Crippen molar-refractivity contribution in [1.82, 2.24) is 0 Å². The molecule has 0 aliphatic rings. The van der Waals surface area contributed by atoms with Gasteiger partial charge in [-0.1, -0.05) is 353 Å². The Bertz CT molecular complexity index is 1310. The van der Waals surface area contributed by atoms with Crippen molar-refractivity contribution in [3.05, 3.63) is 24.3 Å². The van der Waals surface area contributed by atoms with Gasteiger partial charge in [-0.25, -0.2) is 0 Å². The van der Waals surface area contributed by atoms with E-state index in [1.807, 2.05) is 0 Å². The van der Waals surface area contributed by atoms with Crippen LogP contribution in [0.5, 0.6) is 0 Å². The van der Waals surface area contributed by atoms with E-state index in [0.717, 1.165) is 57.8 Å². The highest BCUT2D eigenvalue weighted by atomic mass is 16.6. The lowest BCUT2D eigenvalue weighted by molar-refractivity contribution is -0.167. The molecule has 0 N–H and O–H groups in total. The Morgan fingerprint density at radius 3 is 0.617 bits per heavy atom. The number of ether oxygens (including phenoxy) is 3. The zero-order valence-corrected chi connectivity index (χ0v) is 55.1. The zero-order valence-electron chi connectivity index (χ0n) is 55.1. The second-order valence-electron chi connectivity index (χ2n) is 25.2. The molecule has 0 aromatic heterocycles. The summed E-state index contributed by atoms with van der Waals surface area (Å²) in [5.74, 6) is -0.840. The molecule has 0 radical (unpaired) electrons.